The minimum atomic E-state index is -1.52. The van der Waals surface area contributed by atoms with Gasteiger partial charge in [0.2, 0.25) is 0 Å². The average molecular weight is 1160 g/mol. The van der Waals surface area contributed by atoms with Gasteiger partial charge in [-0.3, -0.25) is 14.4 Å². The number of methoxy groups -OCH3 is 1. The molecule has 27 heteroatoms. The molecule has 0 bridgehead atoms. The van der Waals surface area contributed by atoms with Crippen molar-refractivity contribution >= 4 is 23.5 Å². The van der Waals surface area contributed by atoms with Crippen molar-refractivity contribution in [3.63, 3.8) is 0 Å². The Kier molecular flexibility index (Phi) is 23.3. The van der Waals surface area contributed by atoms with Crippen LogP contribution in [0.1, 0.15) is 119 Å². The van der Waals surface area contributed by atoms with Crippen LogP contribution in [0.5, 0.6) is 0 Å². The van der Waals surface area contributed by atoms with Crippen LogP contribution >= 0.6 is 0 Å². The molecule has 27 nitrogen and oxygen atoms in total. The van der Waals surface area contributed by atoms with Crippen molar-refractivity contribution in [1.82, 2.24) is 0 Å². The molecule has 7 rings (SSSR count). The number of azide groups is 3. The van der Waals surface area contributed by atoms with Crippen LogP contribution < -0.4 is 0 Å². The van der Waals surface area contributed by atoms with Gasteiger partial charge in [0.15, 0.2) is 55.4 Å². The van der Waals surface area contributed by atoms with Crippen LogP contribution in [0.15, 0.2) is 45.7 Å². The number of hydrogen-bond donors (Lipinski definition) is 0. The summed E-state index contributed by atoms with van der Waals surface area (Å²) in [4.78, 5) is 63.2. The van der Waals surface area contributed by atoms with Crippen LogP contribution in [-0.4, -0.2) is 167 Å². The monoisotopic (exact) mass is 1160 g/mol. The summed E-state index contributed by atoms with van der Waals surface area (Å²) in [5, 5.41) is 12.2. The molecule has 0 amide bonds. The van der Waals surface area contributed by atoms with E-state index in [1.54, 1.807) is 51.1 Å². The minimum absolute atomic E-state index is 0.0451. The maximum atomic E-state index is 14.0. The van der Waals surface area contributed by atoms with Crippen molar-refractivity contribution < 1.29 is 85.5 Å². The molecule has 0 radical (unpaired) electrons. The van der Waals surface area contributed by atoms with Gasteiger partial charge in [-0.2, -0.15) is 0 Å². The number of ether oxygens (including phenoxy) is 14. The van der Waals surface area contributed by atoms with Crippen molar-refractivity contribution in [1.29, 1.82) is 0 Å². The van der Waals surface area contributed by atoms with E-state index in [-0.39, 0.29) is 35.9 Å². The summed E-state index contributed by atoms with van der Waals surface area (Å²) in [5.74, 6) is -5.31. The highest BCUT2D eigenvalue weighted by Crippen LogP contribution is 2.44. The number of rotatable bonds is 22. The maximum Gasteiger partial charge on any atom is 0.338 e. The zero-order chi connectivity index (χ0) is 59.5. The molecule has 6 aliphatic rings. The molecular weight excluding hydrogens is 1070 g/mol. The number of benzene rings is 1. The van der Waals surface area contributed by atoms with E-state index < -0.39 is 158 Å². The molecule has 0 aliphatic carbocycles. The Balaban J connectivity index is 1.18. The molecule has 26 atom stereocenters. The number of carbonyl (C=O) groups excluding carboxylic acids is 4. The average Bonchev–Trinajstić information content (AvgIpc) is 2.92. The van der Waals surface area contributed by atoms with Gasteiger partial charge in [0.25, 0.3) is 0 Å². The summed E-state index contributed by atoms with van der Waals surface area (Å²) >= 11 is 0. The van der Waals surface area contributed by atoms with E-state index in [4.69, 9.17) is 66.3 Å². The highest BCUT2D eigenvalue weighted by Gasteiger charge is 2.57. The lowest BCUT2D eigenvalue weighted by molar-refractivity contribution is -0.369. The Morgan fingerprint density at radius 1 is 0.549 bits per heavy atom. The molecule has 1 aromatic rings. The van der Waals surface area contributed by atoms with Gasteiger partial charge < -0.3 is 66.3 Å². The Labute approximate surface area is 477 Å². The lowest BCUT2D eigenvalue weighted by Gasteiger charge is -2.52. The van der Waals surface area contributed by atoms with Gasteiger partial charge in [-0.05, 0) is 98.3 Å². The first-order valence-corrected chi connectivity index (χ1v) is 28.5. The molecule has 6 saturated heterocycles. The minimum Gasteiger partial charge on any atom is -0.463 e. The predicted molar refractivity (Wildman–Crippen MR) is 286 cm³/mol. The number of hydrogen-bond acceptors (Lipinski definition) is 21. The Bertz CT molecular complexity index is 2460. The first-order valence-electron chi connectivity index (χ1n) is 28.5. The standard InChI is InChI=1S/C55H81N9O18/c1-13-35-25(3)26(4)39(59-62-56)52(72-35)79-44-29(7)46(75-38-22-18-19-23-70-38)54(81-48(44)31(9)65)77-42-28(6)41(61-64-58)53(73-36(42)14-2)80-45-30(8)47(76-50(68)34-20-16-15-17-21-34)55(82-49(45)32(10)66)78-43-27(5)40(60-63-57)51(69-12)74-37(43)24-71-33(11)67/h15-17,20-21,25-30,35-49,51-55H,13-14,18-19,22-24H2,1-12H3/t25-,26?,27?,28?,29?,30?,35?,36?,37?,38?,39-,40-,41-,42-,43-,44-,45-,46-,47-,48?,49?,51-,52+,53+,54+,55+/m0/s1. The van der Waals surface area contributed by atoms with Gasteiger partial charge in [0.1, 0.15) is 37.1 Å². The zero-order valence-corrected chi connectivity index (χ0v) is 48.7. The van der Waals surface area contributed by atoms with Crippen LogP contribution in [0, 0.1) is 35.5 Å². The Morgan fingerprint density at radius 3 is 1.54 bits per heavy atom. The second-order valence-electron chi connectivity index (χ2n) is 22.3. The summed E-state index contributed by atoms with van der Waals surface area (Å²) in [6.45, 7) is 19.0. The molecule has 6 aliphatic heterocycles. The molecule has 0 N–H and O–H groups in total. The molecule has 0 aromatic heterocycles. The lowest BCUT2D eigenvalue weighted by Crippen LogP contribution is -2.64. The third-order valence-electron chi connectivity index (χ3n) is 17.0. The molecule has 0 saturated carbocycles. The second-order valence-corrected chi connectivity index (χ2v) is 22.3. The number of carbonyl (C=O) groups is 4. The molecule has 11 unspecified atom stereocenters. The summed E-state index contributed by atoms with van der Waals surface area (Å²) in [7, 11) is 1.37. The molecular formula is C55H81N9O18. The lowest BCUT2D eigenvalue weighted by atomic mass is 9.81. The topological polar surface area (TPSA) is 344 Å². The zero-order valence-electron chi connectivity index (χ0n) is 48.7. The van der Waals surface area contributed by atoms with Gasteiger partial charge in [-0.1, -0.05) is 88.9 Å². The van der Waals surface area contributed by atoms with E-state index in [2.05, 4.69) is 30.1 Å². The quantitative estimate of drug-likeness (QED) is 0.0455. The smallest absolute Gasteiger partial charge is 0.338 e. The van der Waals surface area contributed by atoms with E-state index in [9.17, 15) is 35.8 Å². The highest BCUT2D eigenvalue weighted by atomic mass is 16.8. The highest BCUT2D eigenvalue weighted by molar-refractivity contribution is 5.89. The second kappa shape index (κ2) is 29.7. The van der Waals surface area contributed by atoms with Gasteiger partial charge in [0.05, 0.1) is 54.2 Å². The third kappa shape index (κ3) is 14.7. The van der Waals surface area contributed by atoms with Crippen molar-refractivity contribution in [3.8, 4) is 0 Å². The molecule has 6 heterocycles. The van der Waals surface area contributed by atoms with Gasteiger partial charge >= 0.3 is 11.9 Å². The summed E-state index contributed by atoms with van der Waals surface area (Å²) in [5.41, 5.74) is 29.6. The normalized spacial score (nSPS) is 41.3. The number of ketones is 2. The number of esters is 2. The van der Waals surface area contributed by atoms with E-state index in [0.717, 1.165) is 12.8 Å². The molecule has 1 aromatic carbocycles. The SMILES string of the molecule is CCC1O[C@H](O[C@@H]2C(C(C)=O)O[C@@H](O[C@@H]3C(CC)O[C@H](O[C@@H]4C(C(C)=O)O[C@@H](O[C@@H]5C(COC(C)=O)O[C@H](OC)[C@@H](N=[N+]=[N-])C5C)[C@@H](OC(=O)c5ccccc5)C4C)[C@@H](N=[N+]=[N-])C3C)[C@@H](OC3CCCCO3)C2C)[C@@H](N=[N+]=[N-])C(C)[C@@H]1C. The Morgan fingerprint density at radius 2 is 1.04 bits per heavy atom. The first kappa shape index (κ1) is 64.5. The van der Waals surface area contributed by atoms with Crippen LogP contribution in [-0.2, 0) is 80.7 Å². The maximum absolute atomic E-state index is 14.0. The van der Waals surface area contributed by atoms with Crippen LogP contribution in [0.25, 0.3) is 31.3 Å². The first-order chi connectivity index (χ1) is 39.3. The molecule has 6 fully saturated rings. The van der Waals surface area contributed by atoms with Gasteiger partial charge in [-0.15, -0.1) is 0 Å². The van der Waals surface area contributed by atoms with Crippen LogP contribution in [0.3, 0.4) is 0 Å². The fourth-order valence-electron chi connectivity index (χ4n) is 12.1. The van der Waals surface area contributed by atoms with Crippen molar-refractivity contribution in [3.05, 3.63) is 67.2 Å². The van der Waals surface area contributed by atoms with Crippen molar-refractivity contribution in [2.75, 3.05) is 20.3 Å². The van der Waals surface area contributed by atoms with Crippen molar-refractivity contribution in [2.45, 2.75) is 231 Å². The van der Waals surface area contributed by atoms with E-state index in [1.807, 2.05) is 34.6 Å². The van der Waals surface area contributed by atoms with E-state index in [1.165, 1.54) is 27.9 Å². The fraction of sp³-hybridized carbons (Fsp3) is 0.818. The van der Waals surface area contributed by atoms with Crippen LogP contribution in [0.2, 0.25) is 0 Å². The summed E-state index contributed by atoms with van der Waals surface area (Å²) in [6.07, 6.45) is -14.8. The molecule has 82 heavy (non-hydrogen) atoms. The number of Topliss-reactive ketones (excluding diaryl/α,β-unsaturated/α-hetero) is 2. The largest absolute Gasteiger partial charge is 0.463 e. The predicted octanol–water partition coefficient (Wildman–Crippen LogP) is 8.35. The third-order valence-corrected chi connectivity index (χ3v) is 17.0. The van der Waals surface area contributed by atoms with E-state index >= 15 is 0 Å². The Hall–Kier alpha value is -5.05. The van der Waals surface area contributed by atoms with E-state index in [0.29, 0.717) is 25.9 Å². The van der Waals surface area contributed by atoms with Crippen LogP contribution in [0.4, 0.5) is 0 Å². The number of nitrogens with zero attached hydrogens (tertiary/aromatic N) is 9. The molecule has 0 spiro atoms. The summed E-state index contributed by atoms with van der Waals surface area (Å²) in [6, 6.07) is 5.36. The molecule has 454 valence electrons. The van der Waals surface area contributed by atoms with Gasteiger partial charge in [0, 0.05) is 47.2 Å². The van der Waals surface area contributed by atoms with Crippen molar-refractivity contribution in [2.24, 2.45) is 50.9 Å². The van der Waals surface area contributed by atoms with Gasteiger partial charge in [-0.25, -0.2) is 4.79 Å². The summed E-state index contributed by atoms with van der Waals surface area (Å²) < 4.78 is 89.8. The fourth-order valence-corrected chi connectivity index (χ4v) is 12.1.